The Bertz CT molecular complexity index is 1040. The van der Waals surface area contributed by atoms with E-state index in [1.807, 2.05) is 42.5 Å². The first-order valence-corrected chi connectivity index (χ1v) is 8.29. The third-order valence-electron chi connectivity index (χ3n) is 4.20. The minimum atomic E-state index is -0.916. The molecule has 27 heavy (non-hydrogen) atoms. The first-order valence-electron chi connectivity index (χ1n) is 8.29. The molecule has 7 nitrogen and oxygen atoms in total. The molecular formula is C20H17N3O4. The molecule has 136 valence electrons. The smallest absolute Gasteiger partial charge is 0.285 e. The average molecular weight is 363 g/mol. The van der Waals surface area contributed by atoms with E-state index in [4.69, 9.17) is 0 Å². The minimum absolute atomic E-state index is 0.251. The van der Waals surface area contributed by atoms with E-state index in [1.165, 1.54) is 6.92 Å². The molecule has 0 unspecified atom stereocenters. The molecule has 3 rings (SSSR count). The molecule has 1 atom stereocenters. The molecule has 2 aromatic carbocycles. The standard InChI is InChI=1S/C20H17N3O4/c1-14(22-13-16(23(26)27)11-12-19(22)24)20(25)21-18-10-6-5-9-17(18)15-7-3-2-4-8-15/h2-14H,1H3,(H,21,25)/t14-/m0/s1. The van der Waals surface area contributed by atoms with Crippen molar-refractivity contribution in [3.8, 4) is 11.1 Å². The van der Waals surface area contributed by atoms with Gasteiger partial charge in [0, 0.05) is 23.4 Å². The van der Waals surface area contributed by atoms with Crippen molar-refractivity contribution in [2.24, 2.45) is 0 Å². The van der Waals surface area contributed by atoms with Gasteiger partial charge in [0.05, 0.1) is 11.1 Å². The van der Waals surface area contributed by atoms with Crippen LogP contribution in [0.4, 0.5) is 11.4 Å². The van der Waals surface area contributed by atoms with Gasteiger partial charge >= 0.3 is 0 Å². The third kappa shape index (κ3) is 3.92. The van der Waals surface area contributed by atoms with Crippen LogP contribution in [0.5, 0.6) is 0 Å². The molecule has 0 fully saturated rings. The zero-order valence-corrected chi connectivity index (χ0v) is 14.5. The van der Waals surface area contributed by atoms with Crippen LogP contribution < -0.4 is 10.9 Å². The normalized spacial score (nSPS) is 11.6. The van der Waals surface area contributed by atoms with Crippen LogP contribution in [-0.2, 0) is 4.79 Å². The van der Waals surface area contributed by atoms with E-state index in [9.17, 15) is 19.7 Å². The molecular weight excluding hydrogens is 346 g/mol. The maximum Gasteiger partial charge on any atom is 0.285 e. The van der Waals surface area contributed by atoms with Gasteiger partial charge in [-0.05, 0) is 18.6 Å². The Hall–Kier alpha value is -3.74. The fourth-order valence-electron chi connectivity index (χ4n) is 2.73. The third-order valence-corrected chi connectivity index (χ3v) is 4.20. The van der Waals surface area contributed by atoms with E-state index in [2.05, 4.69) is 5.32 Å². The van der Waals surface area contributed by atoms with Gasteiger partial charge in [-0.15, -0.1) is 0 Å². The molecule has 3 aromatic rings. The van der Waals surface area contributed by atoms with E-state index in [1.54, 1.807) is 12.1 Å². The second kappa shape index (κ2) is 7.65. The summed E-state index contributed by atoms with van der Waals surface area (Å²) in [6, 6.07) is 18.2. The number of anilines is 1. The quantitative estimate of drug-likeness (QED) is 0.553. The number of hydrogen-bond donors (Lipinski definition) is 1. The number of nitro groups is 1. The number of pyridine rings is 1. The highest BCUT2D eigenvalue weighted by atomic mass is 16.6. The summed E-state index contributed by atoms with van der Waals surface area (Å²) in [5, 5.41) is 13.8. The molecule has 1 aromatic heterocycles. The van der Waals surface area contributed by atoms with Crippen molar-refractivity contribution in [3.63, 3.8) is 0 Å². The second-order valence-electron chi connectivity index (χ2n) is 5.97. The number of nitrogens with zero attached hydrogens (tertiary/aromatic N) is 2. The van der Waals surface area contributed by atoms with E-state index in [-0.39, 0.29) is 5.69 Å². The average Bonchev–Trinajstić information content (AvgIpc) is 2.68. The predicted octanol–water partition coefficient (Wildman–Crippen LogP) is 3.62. The SMILES string of the molecule is C[C@@H](C(=O)Nc1ccccc1-c1ccccc1)n1cc([N+](=O)[O-])ccc1=O. The molecule has 0 aliphatic heterocycles. The Balaban J connectivity index is 1.90. The van der Waals surface area contributed by atoms with E-state index < -0.39 is 22.4 Å². The molecule has 7 heteroatoms. The molecule has 1 heterocycles. The number of para-hydroxylation sites is 1. The summed E-state index contributed by atoms with van der Waals surface area (Å²) in [6.45, 7) is 1.52. The monoisotopic (exact) mass is 363 g/mol. The number of carbonyl (C=O) groups is 1. The highest BCUT2D eigenvalue weighted by molar-refractivity contribution is 5.97. The molecule has 1 N–H and O–H groups in total. The molecule has 0 aliphatic carbocycles. The lowest BCUT2D eigenvalue weighted by atomic mass is 10.0. The van der Waals surface area contributed by atoms with Crippen LogP contribution >= 0.6 is 0 Å². The van der Waals surface area contributed by atoms with Crippen molar-refractivity contribution in [1.29, 1.82) is 0 Å². The largest absolute Gasteiger partial charge is 0.324 e. The highest BCUT2D eigenvalue weighted by Crippen LogP contribution is 2.28. The van der Waals surface area contributed by atoms with Gasteiger partial charge in [-0.2, -0.15) is 0 Å². The number of aromatic nitrogens is 1. The maximum atomic E-state index is 12.7. The number of hydrogen-bond acceptors (Lipinski definition) is 4. The number of amides is 1. The van der Waals surface area contributed by atoms with Gasteiger partial charge in [0.15, 0.2) is 0 Å². The Morgan fingerprint density at radius 2 is 1.70 bits per heavy atom. The van der Waals surface area contributed by atoms with Crippen molar-refractivity contribution in [3.05, 3.63) is 93.4 Å². The molecule has 0 radical (unpaired) electrons. The van der Waals surface area contributed by atoms with Crippen molar-refractivity contribution in [2.45, 2.75) is 13.0 Å². The zero-order valence-electron chi connectivity index (χ0n) is 14.5. The van der Waals surface area contributed by atoms with Crippen LogP contribution in [0.1, 0.15) is 13.0 Å². The van der Waals surface area contributed by atoms with E-state index >= 15 is 0 Å². The topological polar surface area (TPSA) is 94.2 Å². The van der Waals surface area contributed by atoms with E-state index in [0.29, 0.717) is 5.69 Å². The van der Waals surface area contributed by atoms with Crippen LogP contribution in [0.15, 0.2) is 77.7 Å². The Kier molecular flexibility index (Phi) is 5.12. The van der Waals surface area contributed by atoms with Gasteiger partial charge in [0.25, 0.3) is 11.2 Å². The van der Waals surface area contributed by atoms with Crippen LogP contribution in [0.25, 0.3) is 11.1 Å². The number of benzene rings is 2. The maximum absolute atomic E-state index is 12.7. The Morgan fingerprint density at radius 3 is 2.41 bits per heavy atom. The van der Waals surface area contributed by atoms with Gasteiger partial charge in [-0.1, -0.05) is 48.5 Å². The lowest BCUT2D eigenvalue weighted by Crippen LogP contribution is -2.31. The van der Waals surface area contributed by atoms with Crippen LogP contribution in [0.3, 0.4) is 0 Å². The number of rotatable bonds is 5. The summed E-state index contributed by atoms with van der Waals surface area (Å²) < 4.78 is 1.05. The van der Waals surface area contributed by atoms with Gasteiger partial charge in [0.2, 0.25) is 5.91 Å². The van der Waals surface area contributed by atoms with Gasteiger partial charge < -0.3 is 5.32 Å². The minimum Gasteiger partial charge on any atom is -0.324 e. The highest BCUT2D eigenvalue weighted by Gasteiger charge is 2.20. The molecule has 0 saturated carbocycles. The van der Waals surface area contributed by atoms with Crippen LogP contribution in [-0.4, -0.2) is 15.4 Å². The number of nitrogens with one attached hydrogen (secondary N) is 1. The lowest BCUT2D eigenvalue weighted by Gasteiger charge is -2.17. The summed E-state index contributed by atoms with van der Waals surface area (Å²) in [6.07, 6.45) is 1.08. The lowest BCUT2D eigenvalue weighted by molar-refractivity contribution is -0.385. The van der Waals surface area contributed by atoms with Gasteiger partial charge in [-0.25, -0.2) is 0 Å². The van der Waals surface area contributed by atoms with Crippen molar-refractivity contribution < 1.29 is 9.72 Å². The van der Waals surface area contributed by atoms with Crippen molar-refractivity contribution in [1.82, 2.24) is 4.57 Å². The van der Waals surface area contributed by atoms with Crippen LogP contribution in [0.2, 0.25) is 0 Å². The first-order chi connectivity index (χ1) is 13.0. The van der Waals surface area contributed by atoms with Crippen LogP contribution in [0, 0.1) is 10.1 Å². The van der Waals surface area contributed by atoms with E-state index in [0.717, 1.165) is 34.0 Å². The van der Waals surface area contributed by atoms with Crippen molar-refractivity contribution in [2.75, 3.05) is 5.32 Å². The predicted molar refractivity (Wildman–Crippen MR) is 103 cm³/mol. The summed E-state index contributed by atoms with van der Waals surface area (Å²) >= 11 is 0. The molecule has 0 bridgehead atoms. The molecule has 0 saturated heterocycles. The van der Waals surface area contributed by atoms with Gasteiger partial charge in [-0.3, -0.25) is 24.3 Å². The Morgan fingerprint density at radius 1 is 1.04 bits per heavy atom. The van der Waals surface area contributed by atoms with Gasteiger partial charge in [0.1, 0.15) is 6.04 Å². The fraction of sp³-hybridized carbons (Fsp3) is 0.100. The number of carbonyl (C=O) groups excluding carboxylic acids is 1. The summed E-state index contributed by atoms with van der Waals surface area (Å²) in [5.41, 5.74) is 1.64. The second-order valence-corrected chi connectivity index (χ2v) is 5.97. The fourth-order valence-corrected chi connectivity index (χ4v) is 2.73. The molecule has 0 aliphatic rings. The summed E-state index contributed by atoms with van der Waals surface area (Å²) in [5.74, 6) is -0.444. The molecule has 1 amide bonds. The zero-order chi connectivity index (χ0) is 19.4. The Labute approximate surface area is 155 Å². The summed E-state index contributed by atoms with van der Waals surface area (Å²) in [4.78, 5) is 35.1. The first kappa shape index (κ1) is 18.1. The molecule has 0 spiro atoms. The van der Waals surface area contributed by atoms with Crippen molar-refractivity contribution >= 4 is 17.3 Å². The summed E-state index contributed by atoms with van der Waals surface area (Å²) in [7, 11) is 0.